The second kappa shape index (κ2) is 15.9. The fourth-order valence-corrected chi connectivity index (χ4v) is 6.06. The third-order valence-electron chi connectivity index (χ3n) is 8.35. The maximum Gasteiger partial charge on any atom is 0.124 e. The number of aryl methyl sites for hydroxylation is 1. The van der Waals surface area contributed by atoms with Crippen LogP contribution in [0.2, 0.25) is 0 Å². The number of piperidine rings is 1. The first-order chi connectivity index (χ1) is 20.7. The van der Waals surface area contributed by atoms with Crippen LogP contribution < -0.4 is 25.4 Å². The molecule has 3 aromatic rings. The van der Waals surface area contributed by atoms with E-state index in [4.69, 9.17) is 24.7 Å². The quantitative estimate of drug-likeness (QED) is 0.234. The van der Waals surface area contributed by atoms with Gasteiger partial charge >= 0.3 is 0 Å². The number of hydrogen-bond donors (Lipinski definition) is 2. The molecule has 0 spiro atoms. The van der Waals surface area contributed by atoms with Crippen molar-refractivity contribution in [2.24, 2.45) is 5.73 Å². The molecule has 1 saturated heterocycles. The molecular formula is C35H47N3O4. The van der Waals surface area contributed by atoms with Crippen molar-refractivity contribution in [3.63, 3.8) is 0 Å². The Balaban J connectivity index is 1.08. The Labute approximate surface area is 251 Å². The van der Waals surface area contributed by atoms with Gasteiger partial charge in [-0.15, -0.1) is 0 Å². The average Bonchev–Trinajstić information content (AvgIpc) is 3.05. The lowest BCUT2D eigenvalue weighted by Crippen LogP contribution is -2.41. The van der Waals surface area contributed by atoms with Crippen molar-refractivity contribution < 1.29 is 18.9 Å². The number of hydrogen-bond acceptors (Lipinski definition) is 7. The fourth-order valence-electron chi connectivity index (χ4n) is 6.06. The van der Waals surface area contributed by atoms with Crippen LogP contribution in [0.5, 0.6) is 11.5 Å². The van der Waals surface area contributed by atoms with E-state index in [1.54, 1.807) is 7.11 Å². The number of fused-ring (bicyclic) bond motifs is 1. The molecule has 42 heavy (non-hydrogen) atoms. The second-order valence-electron chi connectivity index (χ2n) is 11.3. The predicted octanol–water partition coefficient (Wildman–Crippen LogP) is 5.44. The minimum Gasteiger partial charge on any atom is -0.496 e. The molecule has 2 unspecified atom stereocenters. The van der Waals surface area contributed by atoms with Crippen LogP contribution in [0.15, 0.2) is 66.7 Å². The van der Waals surface area contributed by atoms with Gasteiger partial charge in [-0.2, -0.15) is 0 Å². The van der Waals surface area contributed by atoms with Crippen molar-refractivity contribution in [1.82, 2.24) is 5.32 Å². The normalized spacial score (nSPS) is 18.5. The van der Waals surface area contributed by atoms with Gasteiger partial charge < -0.3 is 34.9 Å². The zero-order chi connectivity index (χ0) is 29.0. The van der Waals surface area contributed by atoms with Crippen LogP contribution in [0, 0.1) is 0 Å². The Bertz CT molecular complexity index is 1240. The fraction of sp³-hybridized carbons (Fsp3) is 0.486. The van der Waals surface area contributed by atoms with Gasteiger partial charge in [0.2, 0.25) is 0 Å². The van der Waals surface area contributed by atoms with Gasteiger partial charge in [0.25, 0.3) is 0 Å². The molecule has 0 bridgehead atoms. The molecule has 0 aromatic heterocycles. The molecule has 0 saturated carbocycles. The summed E-state index contributed by atoms with van der Waals surface area (Å²) in [6, 6.07) is 23.4. The summed E-state index contributed by atoms with van der Waals surface area (Å²) >= 11 is 0. The van der Waals surface area contributed by atoms with Crippen LogP contribution in [0.25, 0.3) is 0 Å². The summed E-state index contributed by atoms with van der Waals surface area (Å²) < 4.78 is 23.8. The molecule has 0 radical (unpaired) electrons. The Hall–Kier alpha value is -3.10. The molecule has 3 N–H and O–H groups in total. The standard InChI is InChI=1S/C35H47N3O4/c1-39-34-9-3-2-7-30(34)26-40-21-6-22-41-31-14-12-28(13-15-31)32-16-18-37-24-35(32)42-25-27-10-11-29-8-4-19-38(20-5-17-36)33(29)23-27/h2-3,7,9-15,23,32,35,37H,4-6,8,16-22,24-26,36H2,1H3. The molecule has 7 nitrogen and oxygen atoms in total. The molecular weight excluding hydrogens is 526 g/mol. The molecule has 2 atom stereocenters. The summed E-state index contributed by atoms with van der Waals surface area (Å²) in [6.45, 7) is 7.17. The van der Waals surface area contributed by atoms with Crippen LogP contribution in [-0.4, -0.2) is 59.2 Å². The monoisotopic (exact) mass is 573 g/mol. The van der Waals surface area contributed by atoms with Crippen molar-refractivity contribution >= 4 is 5.69 Å². The Morgan fingerprint density at radius 2 is 1.86 bits per heavy atom. The molecule has 0 amide bonds. The van der Waals surface area contributed by atoms with Crippen molar-refractivity contribution in [2.45, 2.75) is 57.3 Å². The van der Waals surface area contributed by atoms with E-state index in [0.717, 1.165) is 75.5 Å². The Morgan fingerprint density at radius 3 is 2.71 bits per heavy atom. The van der Waals surface area contributed by atoms with Gasteiger partial charge in [-0.05, 0) is 79.7 Å². The third-order valence-corrected chi connectivity index (χ3v) is 8.35. The zero-order valence-corrected chi connectivity index (χ0v) is 25.1. The summed E-state index contributed by atoms with van der Waals surface area (Å²) in [6.07, 6.45) is 5.42. The summed E-state index contributed by atoms with van der Waals surface area (Å²) in [7, 11) is 1.69. The van der Waals surface area contributed by atoms with Gasteiger partial charge in [0.05, 0.1) is 39.6 Å². The van der Waals surface area contributed by atoms with E-state index in [2.05, 4.69) is 52.7 Å². The van der Waals surface area contributed by atoms with E-state index < -0.39 is 0 Å². The second-order valence-corrected chi connectivity index (χ2v) is 11.3. The first-order valence-electron chi connectivity index (χ1n) is 15.6. The lowest BCUT2D eigenvalue weighted by atomic mass is 9.87. The summed E-state index contributed by atoms with van der Waals surface area (Å²) in [4.78, 5) is 2.50. The first-order valence-corrected chi connectivity index (χ1v) is 15.6. The molecule has 2 aliphatic rings. The molecule has 0 aliphatic carbocycles. The van der Waals surface area contributed by atoms with Crippen molar-refractivity contribution in [3.8, 4) is 11.5 Å². The lowest BCUT2D eigenvalue weighted by Gasteiger charge is -2.33. The maximum atomic E-state index is 6.57. The van der Waals surface area contributed by atoms with Crippen LogP contribution in [0.3, 0.4) is 0 Å². The molecule has 7 heteroatoms. The smallest absolute Gasteiger partial charge is 0.124 e. The van der Waals surface area contributed by atoms with Gasteiger partial charge in [0.15, 0.2) is 0 Å². The highest BCUT2D eigenvalue weighted by Crippen LogP contribution is 2.32. The number of benzene rings is 3. The summed E-state index contributed by atoms with van der Waals surface area (Å²) in [5.74, 6) is 2.12. The minimum atomic E-state index is 0.135. The largest absolute Gasteiger partial charge is 0.496 e. The molecule has 5 rings (SSSR count). The zero-order valence-electron chi connectivity index (χ0n) is 25.1. The van der Waals surface area contributed by atoms with Crippen LogP contribution >= 0.6 is 0 Å². The number of methoxy groups -OCH3 is 1. The summed E-state index contributed by atoms with van der Waals surface area (Å²) in [5.41, 5.74) is 12.2. The van der Waals surface area contributed by atoms with Gasteiger partial charge in [0.1, 0.15) is 11.5 Å². The average molecular weight is 574 g/mol. The number of ether oxygens (including phenoxy) is 4. The van der Waals surface area contributed by atoms with E-state index in [1.165, 1.54) is 28.8 Å². The van der Waals surface area contributed by atoms with Gasteiger partial charge in [0, 0.05) is 43.2 Å². The van der Waals surface area contributed by atoms with E-state index >= 15 is 0 Å². The highest BCUT2D eigenvalue weighted by atomic mass is 16.5. The molecule has 2 aliphatic heterocycles. The number of nitrogens with zero attached hydrogens (tertiary/aromatic N) is 1. The summed E-state index contributed by atoms with van der Waals surface area (Å²) in [5, 5.41) is 3.54. The van der Waals surface area contributed by atoms with Crippen molar-refractivity contribution in [1.29, 1.82) is 0 Å². The SMILES string of the molecule is COc1ccccc1COCCCOc1ccc(C2CCNCC2OCc2ccc3c(c2)N(CCCN)CCC3)cc1. The van der Waals surface area contributed by atoms with Crippen LogP contribution in [0.4, 0.5) is 5.69 Å². The van der Waals surface area contributed by atoms with Crippen LogP contribution in [0.1, 0.15) is 53.9 Å². The Kier molecular flexibility index (Phi) is 11.5. The molecule has 226 valence electrons. The number of rotatable bonds is 15. The third kappa shape index (κ3) is 8.26. The number of nitrogens with one attached hydrogen (secondary N) is 1. The highest BCUT2D eigenvalue weighted by Gasteiger charge is 2.27. The van der Waals surface area contributed by atoms with E-state index in [-0.39, 0.29) is 6.10 Å². The first kappa shape index (κ1) is 30.4. The van der Waals surface area contributed by atoms with Gasteiger partial charge in [-0.3, -0.25) is 0 Å². The van der Waals surface area contributed by atoms with E-state index in [0.29, 0.717) is 32.3 Å². The van der Waals surface area contributed by atoms with Gasteiger partial charge in [-0.25, -0.2) is 0 Å². The number of nitrogens with two attached hydrogens (primary N) is 1. The maximum absolute atomic E-state index is 6.57. The number of para-hydroxylation sites is 1. The van der Waals surface area contributed by atoms with Gasteiger partial charge in [-0.1, -0.05) is 42.5 Å². The topological polar surface area (TPSA) is 78.2 Å². The van der Waals surface area contributed by atoms with E-state index in [1.807, 2.05) is 24.3 Å². The molecule has 2 heterocycles. The van der Waals surface area contributed by atoms with Crippen LogP contribution in [-0.2, 0) is 29.1 Å². The lowest BCUT2D eigenvalue weighted by molar-refractivity contribution is 0.0106. The molecule has 1 fully saturated rings. The Morgan fingerprint density at radius 1 is 0.976 bits per heavy atom. The molecule has 3 aromatic carbocycles. The highest BCUT2D eigenvalue weighted by molar-refractivity contribution is 5.57. The van der Waals surface area contributed by atoms with E-state index in [9.17, 15) is 0 Å². The van der Waals surface area contributed by atoms with Crippen molar-refractivity contribution in [3.05, 3.63) is 89.0 Å². The minimum absolute atomic E-state index is 0.135. The predicted molar refractivity (Wildman–Crippen MR) is 169 cm³/mol. The van der Waals surface area contributed by atoms with Crippen molar-refractivity contribution in [2.75, 3.05) is 57.9 Å². The number of anilines is 1.